The van der Waals surface area contributed by atoms with Crippen molar-refractivity contribution in [3.63, 3.8) is 0 Å². The molecule has 1 heterocycles. The molecule has 4 heteroatoms. The summed E-state index contributed by atoms with van der Waals surface area (Å²) in [7, 11) is 0. The van der Waals surface area contributed by atoms with Crippen LogP contribution < -0.4 is 5.32 Å². The number of aromatic nitrogens is 3. The Bertz CT molecular complexity index is 601. The number of nitrogens with zero attached hydrogens (tertiary/aromatic N) is 3. The van der Waals surface area contributed by atoms with Crippen molar-refractivity contribution in [1.29, 1.82) is 0 Å². The van der Waals surface area contributed by atoms with Crippen LogP contribution in [0.2, 0.25) is 0 Å². The third-order valence-electron chi connectivity index (χ3n) is 4.07. The van der Waals surface area contributed by atoms with Gasteiger partial charge in [-0.1, -0.05) is 26.0 Å². The number of aryl methyl sites for hydroxylation is 1. The van der Waals surface area contributed by atoms with Gasteiger partial charge in [-0.2, -0.15) is 5.10 Å². The molecular weight excluding hydrogens is 260 g/mol. The van der Waals surface area contributed by atoms with E-state index in [2.05, 4.69) is 47.4 Å². The van der Waals surface area contributed by atoms with Crippen LogP contribution in [0, 0.1) is 5.92 Å². The fraction of sp³-hybridized carbons (Fsp3) is 0.529. The first-order valence-corrected chi connectivity index (χ1v) is 7.95. The largest absolute Gasteiger partial charge is 0.378 e. The number of hydrogen-bond donors (Lipinski definition) is 1. The highest BCUT2D eigenvalue weighted by atomic mass is 15.3. The van der Waals surface area contributed by atoms with E-state index in [1.165, 1.54) is 42.5 Å². The zero-order chi connectivity index (χ0) is 14.7. The Kier molecular flexibility index (Phi) is 4.23. The first-order valence-electron chi connectivity index (χ1n) is 7.95. The Morgan fingerprint density at radius 2 is 2.10 bits per heavy atom. The highest BCUT2D eigenvalue weighted by molar-refractivity contribution is 5.55. The van der Waals surface area contributed by atoms with Crippen molar-refractivity contribution in [2.24, 2.45) is 5.92 Å². The topological polar surface area (TPSA) is 42.7 Å². The van der Waals surface area contributed by atoms with Gasteiger partial charge in [-0.3, -0.25) is 0 Å². The molecule has 112 valence electrons. The lowest BCUT2D eigenvalue weighted by Crippen LogP contribution is -2.14. The molecule has 1 aromatic heterocycles. The SMILES string of the molecule is CC(C)Cn1ncnc1CNc1cccc2c1CCCC2. The predicted octanol–water partition coefficient (Wildman–Crippen LogP) is 3.43. The highest BCUT2D eigenvalue weighted by Crippen LogP contribution is 2.28. The quantitative estimate of drug-likeness (QED) is 0.914. The Hall–Kier alpha value is -1.84. The maximum Gasteiger partial charge on any atom is 0.146 e. The van der Waals surface area contributed by atoms with E-state index in [4.69, 9.17) is 0 Å². The van der Waals surface area contributed by atoms with Gasteiger partial charge in [-0.15, -0.1) is 0 Å². The molecule has 3 rings (SSSR count). The van der Waals surface area contributed by atoms with Crippen LogP contribution in [0.25, 0.3) is 0 Å². The fourth-order valence-electron chi connectivity index (χ4n) is 3.04. The van der Waals surface area contributed by atoms with Gasteiger partial charge in [-0.25, -0.2) is 9.67 Å². The van der Waals surface area contributed by atoms with Crippen LogP contribution >= 0.6 is 0 Å². The molecule has 0 bridgehead atoms. The number of fused-ring (bicyclic) bond motifs is 1. The second-order valence-electron chi connectivity index (χ2n) is 6.26. The summed E-state index contributed by atoms with van der Waals surface area (Å²) >= 11 is 0. The van der Waals surface area contributed by atoms with Crippen molar-refractivity contribution in [2.75, 3.05) is 5.32 Å². The van der Waals surface area contributed by atoms with E-state index in [0.717, 1.165) is 18.9 Å². The Labute approximate surface area is 126 Å². The molecule has 21 heavy (non-hydrogen) atoms. The van der Waals surface area contributed by atoms with Gasteiger partial charge in [-0.05, 0) is 48.8 Å². The van der Waals surface area contributed by atoms with E-state index >= 15 is 0 Å². The third-order valence-corrected chi connectivity index (χ3v) is 4.07. The Balaban J connectivity index is 1.72. The van der Waals surface area contributed by atoms with Gasteiger partial charge in [0.05, 0.1) is 6.54 Å². The van der Waals surface area contributed by atoms with E-state index < -0.39 is 0 Å². The molecule has 1 aromatic carbocycles. The lowest BCUT2D eigenvalue weighted by atomic mass is 9.90. The molecule has 1 N–H and O–H groups in total. The molecule has 0 saturated carbocycles. The maximum atomic E-state index is 4.39. The summed E-state index contributed by atoms with van der Waals surface area (Å²) in [6, 6.07) is 6.61. The number of nitrogens with one attached hydrogen (secondary N) is 1. The van der Waals surface area contributed by atoms with Crippen molar-refractivity contribution < 1.29 is 0 Å². The molecule has 0 aliphatic heterocycles. The number of anilines is 1. The van der Waals surface area contributed by atoms with Crippen LogP contribution in [0.5, 0.6) is 0 Å². The molecule has 0 fully saturated rings. The smallest absolute Gasteiger partial charge is 0.146 e. The minimum Gasteiger partial charge on any atom is -0.378 e. The van der Waals surface area contributed by atoms with Gasteiger partial charge in [0.15, 0.2) is 0 Å². The van der Waals surface area contributed by atoms with Gasteiger partial charge in [0, 0.05) is 12.2 Å². The summed E-state index contributed by atoms with van der Waals surface area (Å²) in [5.41, 5.74) is 4.28. The number of benzene rings is 1. The monoisotopic (exact) mass is 284 g/mol. The molecule has 0 unspecified atom stereocenters. The molecule has 0 amide bonds. The minimum absolute atomic E-state index is 0.579. The summed E-state index contributed by atoms with van der Waals surface area (Å²) < 4.78 is 2.01. The normalized spacial score (nSPS) is 14.2. The zero-order valence-corrected chi connectivity index (χ0v) is 13.0. The number of hydrogen-bond acceptors (Lipinski definition) is 3. The lowest BCUT2D eigenvalue weighted by molar-refractivity contribution is 0.468. The van der Waals surface area contributed by atoms with Gasteiger partial charge in [0.25, 0.3) is 0 Å². The molecular formula is C17H24N4. The van der Waals surface area contributed by atoms with Crippen molar-refractivity contribution in [3.05, 3.63) is 41.5 Å². The first-order chi connectivity index (χ1) is 10.2. The molecule has 4 nitrogen and oxygen atoms in total. The predicted molar refractivity (Wildman–Crippen MR) is 85.3 cm³/mol. The summed E-state index contributed by atoms with van der Waals surface area (Å²) in [4.78, 5) is 4.39. The van der Waals surface area contributed by atoms with Crippen LogP contribution in [0.1, 0.15) is 43.6 Å². The lowest BCUT2D eigenvalue weighted by Gasteiger charge is -2.20. The van der Waals surface area contributed by atoms with E-state index in [1.54, 1.807) is 6.33 Å². The minimum atomic E-state index is 0.579. The Morgan fingerprint density at radius 1 is 1.24 bits per heavy atom. The van der Waals surface area contributed by atoms with Crippen LogP contribution in [-0.4, -0.2) is 14.8 Å². The molecule has 0 saturated heterocycles. The van der Waals surface area contributed by atoms with Crippen molar-refractivity contribution in [2.45, 2.75) is 52.6 Å². The van der Waals surface area contributed by atoms with Crippen LogP contribution in [0.15, 0.2) is 24.5 Å². The van der Waals surface area contributed by atoms with Crippen molar-refractivity contribution >= 4 is 5.69 Å². The fourth-order valence-corrected chi connectivity index (χ4v) is 3.04. The molecule has 0 radical (unpaired) electrons. The maximum absolute atomic E-state index is 4.39. The van der Waals surface area contributed by atoms with E-state index in [9.17, 15) is 0 Å². The van der Waals surface area contributed by atoms with Crippen molar-refractivity contribution in [1.82, 2.24) is 14.8 Å². The molecule has 1 aliphatic rings. The van der Waals surface area contributed by atoms with Crippen LogP contribution in [0.3, 0.4) is 0 Å². The summed E-state index contributed by atoms with van der Waals surface area (Å²) in [6.07, 6.45) is 6.68. The molecule has 1 aliphatic carbocycles. The summed E-state index contributed by atoms with van der Waals surface area (Å²) in [5.74, 6) is 1.59. The van der Waals surface area contributed by atoms with Gasteiger partial charge in [0.2, 0.25) is 0 Å². The molecule has 2 aromatic rings. The number of rotatable bonds is 5. The average molecular weight is 284 g/mol. The van der Waals surface area contributed by atoms with E-state index in [0.29, 0.717) is 5.92 Å². The second-order valence-corrected chi connectivity index (χ2v) is 6.26. The zero-order valence-electron chi connectivity index (χ0n) is 13.0. The summed E-state index contributed by atoms with van der Waals surface area (Å²) in [6.45, 7) is 6.06. The molecule has 0 atom stereocenters. The van der Waals surface area contributed by atoms with Crippen LogP contribution in [-0.2, 0) is 25.9 Å². The van der Waals surface area contributed by atoms with E-state index in [1.807, 2.05) is 4.68 Å². The van der Waals surface area contributed by atoms with Crippen molar-refractivity contribution in [3.8, 4) is 0 Å². The first kappa shape index (κ1) is 14.1. The Morgan fingerprint density at radius 3 is 2.95 bits per heavy atom. The second kappa shape index (κ2) is 6.29. The van der Waals surface area contributed by atoms with E-state index in [-0.39, 0.29) is 0 Å². The third kappa shape index (κ3) is 3.26. The average Bonchev–Trinajstić information content (AvgIpc) is 2.91. The standard InChI is InChI=1S/C17H24N4/c1-13(2)11-21-17(19-12-20-21)10-18-16-9-5-7-14-6-3-4-8-15(14)16/h5,7,9,12-13,18H,3-4,6,8,10-11H2,1-2H3. The molecule has 0 spiro atoms. The highest BCUT2D eigenvalue weighted by Gasteiger charge is 2.13. The van der Waals surface area contributed by atoms with Gasteiger partial charge in [0.1, 0.15) is 12.2 Å². The van der Waals surface area contributed by atoms with Gasteiger partial charge < -0.3 is 5.32 Å². The van der Waals surface area contributed by atoms with Crippen LogP contribution in [0.4, 0.5) is 5.69 Å². The van der Waals surface area contributed by atoms with Gasteiger partial charge >= 0.3 is 0 Å². The summed E-state index contributed by atoms with van der Waals surface area (Å²) in [5, 5.41) is 7.89.